The molecule has 1 aromatic rings. The number of rotatable bonds is 8. The topological polar surface area (TPSA) is 94.9 Å². The first-order chi connectivity index (χ1) is 10.9. The van der Waals surface area contributed by atoms with Crippen LogP contribution in [0.5, 0.6) is 0 Å². The van der Waals surface area contributed by atoms with Gasteiger partial charge in [-0.1, -0.05) is 15.9 Å². The summed E-state index contributed by atoms with van der Waals surface area (Å²) in [6.07, 6.45) is -0.614. The molecule has 1 unspecified atom stereocenters. The van der Waals surface area contributed by atoms with Crippen LogP contribution in [0, 0.1) is 0 Å². The highest BCUT2D eigenvalue weighted by atomic mass is 79.9. The molecule has 0 saturated carbocycles. The molecule has 0 bridgehead atoms. The van der Waals surface area contributed by atoms with E-state index < -0.39 is 32.9 Å². The number of nitrogens with zero attached hydrogens (tertiary/aromatic N) is 1. The monoisotopic (exact) mass is 439 g/mol. The molecule has 0 aliphatic carbocycles. The van der Waals surface area contributed by atoms with Gasteiger partial charge in [0.1, 0.15) is 6.04 Å². The molecular formula is C15H22BrNO5S2. The van der Waals surface area contributed by atoms with Crippen LogP contribution in [-0.2, 0) is 14.8 Å². The minimum Gasteiger partial charge on any atom is -0.480 e. The van der Waals surface area contributed by atoms with Gasteiger partial charge < -0.3 is 10.2 Å². The summed E-state index contributed by atoms with van der Waals surface area (Å²) in [4.78, 5) is 11.8. The molecule has 9 heteroatoms. The smallest absolute Gasteiger partial charge is 0.323 e. The fraction of sp³-hybridized carbons (Fsp3) is 0.533. The van der Waals surface area contributed by atoms with Gasteiger partial charge in [0.25, 0.3) is 0 Å². The van der Waals surface area contributed by atoms with Gasteiger partial charge in [-0.2, -0.15) is 16.1 Å². The van der Waals surface area contributed by atoms with Crippen LogP contribution in [-0.4, -0.2) is 58.6 Å². The van der Waals surface area contributed by atoms with Crippen molar-refractivity contribution in [3.05, 3.63) is 28.7 Å². The van der Waals surface area contributed by atoms with Crippen LogP contribution in [0.15, 0.2) is 33.6 Å². The van der Waals surface area contributed by atoms with Gasteiger partial charge in [-0.15, -0.1) is 0 Å². The Balaban J connectivity index is 3.20. The molecule has 0 aromatic heterocycles. The lowest BCUT2D eigenvalue weighted by Gasteiger charge is -2.36. The molecule has 0 aliphatic rings. The number of hydrogen-bond acceptors (Lipinski definition) is 5. The van der Waals surface area contributed by atoms with E-state index in [4.69, 9.17) is 0 Å². The summed E-state index contributed by atoms with van der Waals surface area (Å²) in [6.45, 7) is 4.92. The quantitative estimate of drug-likeness (QED) is 0.645. The summed E-state index contributed by atoms with van der Waals surface area (Å²) < 4.78 is 26.2. The number of halogens is 1. The van der Waals surface area contributed by atoms with Gasteiger partial charge in [0, 0.05) is 22.0 Å². The number of carboxylic acids is 1. The van der Waals surface area contributed by atoms with Crippen LogP contribution in [0.3, 0.4) is 0 Å². The maximum atomic E-state index is 12.8. The Labute approximate surface area is 155 Å². The number of benzene rings is 1. The molecular weight excluding hydrogens is 418 g/mol. The number of thioether (sulfide) groups is 1. The van der Waals surface area contributed by atoms with Crippen LogP contribution >= 0.6 is 27.7 Å². The van der Waals surface area contributed by atoms with Crippen molar-refractivity contribution in [3.8, 4) is 0 Å². The van der Waals surface area contributed by atoms with Crippen molar-refractivity contribution in [2.75, 3.05) is 12.8 Å². The second kappa shape index (κ2) is 8.18. The minimum absolute atomic E-state index is 0.0239. The molecule has 2 atom stereocenters. The standard InChI is InChI=1S/C15H22BrNO5S2/c1-10(18)9-23-15(2,3)13(14(19)20)17(4)24(21,22)12-7-5-11(16)6-8-12/h5-8,10,13,18H,9H2,1-4H3,(H,19,20)/t10?,13-/m0/s1. The summed E-state index contributed by atoms with van der Waals surface area (Å²) in [5, 5.41) is 19.0. The van der Waals surface area contributed by atoms with E-state index in [9.17, 15) is 23.4 Å². The van der Waals surface area contributed by atoms with Gasteiger partial charge in [-0.05, 0) is 45.0 Å². The summed E-state index contributed by atoms with van der Waals surface area (Å²) in [7, 11) is -2.70. The number of likely N-dealkylation sites (N-methyl/N-ethyl adjacent to an activating group) is 1. The van der Waals surface area contributed by atoms with Crippen molar-refractivity contribution in [2.45, 2.75) is 42.6 Å². The Morgan fingerprint density at radius 3 is 2.25 bits per heavy atom. The largest absolute Gasteiger partial charge is 0.480 e. The molecule has 0 heterocycles. The highest BCUT2D eigenvalue weighted by molar-refractivity contribution is 9.10. The zero-order chi connectivity index (χ0) is 18.7. The van der Waals surface area contributed by atoms with Gasteiger partial charge >= 0.3 is 5.97 Å². The maximum Gasteiger partial charge on any atom is 0.323 e. The Kier molecular flexibility index (Phi) is 7.30. The number of sulfonamides is 1. The van der Waals surface area contributed by atoms with Gasteiger partial charge in [0.15, 0.2) is 0 Å². The van der Waals surface area contributed by atoms with E-state index in [2.05, 4.69) is 15.9 Å². The number of aliphatic hydroxyl groups excluding tert-OH is 1. The number of carbonyl (C=O) groups is 1. The van der Waals surface area contributed by atoms with Crippen LogP contribution < -0.4 is 0 Å². The van der Waals surface area contributed by atoms with Gasteiger partial charge in [-0.3, -0.25) is 4.79 Å². The van der Waals surface area contributed by atoms with Crippen molar-refractivity contribution in [1.29, 1.82) is 0 Å². The van der Waals surface area contributed by atoms with Crippen molar-refractivity contribution in [3.63, 3.8) is 0 Å². The molecule has 1 aromatic carbocycles. The molecule has 136 valence electrons. The molecule has 0 fully saturated rings. The predicted octanol–water partition coefficient (Wildman–Crippen LogP) is 2.42. The average Bonchev–Trinajstić information content (AvgIpc) is 2.45. The lowest BCUT2D eigenvalue weighted by molar-refractivity contribution is -0.142. The average molecular weight is 440 g/mol. The van der Waals surface area contributed by atoms with Crippen molar-refractivity contribution in [1.82, 2.24) is 4.31 Å². The summed E-state index contributed by atoms with van der Waals surface area (Å²) in [5.74, 6) is -0.926. The fourth-order valence-electron chi connectivity index (χ4n) is 2.22. The Morgan fingerprint density at radius 1 is 1.33 bits per heavy atom. The lowest BCUT2D eigenvalue weighted by Crippen LogP contribution is -2.53. The molecule has 0 spiro atoms. The van der Waals surface area contributed by atoms with E-state index >= 15 is 0 Å². The summed E-state index contributed by atoms with van der Waals surface area (Å²) >= 11 is 4.46. The number of aliphatic hydroxyl groups is 1. The van der Waals surface area contributed by atoms with Crippen molar-refractivity contribution in [2.24, 2.45) is 0 Å². The molecule has 0 radical (unpaired) electrons. The Bertz CT molecular complexity index is 674. The van der Waals surface area contributed by atoms with Crippen LogP contribution in [0.25, 0.3) is 0 Å². The van der Waals surface area contributed by atoms with Gasteiger partial charge in [0.2, 0.25) is 10.0 Å². The zero-order valence-corrected chi connectivity index (χ0v) is 17.2. The first-order valence-corrected chi connectivity index (χ1v) is 10.4. The van der Waals surface area contributed by atoms with Crippen LogP contribution in [0.1, 0.15) is 20.8 Å². The molecule has 1 rings (SSSR count). The third kappa shape index (κ3) is 5.19. The number of carboxylic acid groups (broad SMARTS) is 1. The lowest BCUT2D eigenvalue weighted by atomic mass is 10.0. The summed E-state index contributed by atoms with van der Waals surface area (Å²) in [6, 6.07) is 4.73. The maximum absolute atomic E-state index is 12.8. The normalized spacial score (nSPS) is 15.3. The second-order valence-electron chi connectivity index (χ2n) is 5.98. The Hall–Kier alpha value is -0.610. The fourth-order valence-corrected chi connectivity index (χ4v) is 5.08. The van der Waals surface area contributed by atoms with E-state index in [1.807, 2.05) is 0 Å². The third-order valence-electron chi connectivity index (χ3n) is 3.44. The van der Waals surface area contributed by atoms with Gasteiger partial charge in [-0.25, -0.2) is 8.42 Å². The van der Waals surface area contributed by atoms with Crippen LogP contribution in [0.2, 0.25) is 0 Å². The highest BCUT2D eigenvalue weighted by Gasteiger charge is 2.43. The molecule has 0 amide bonds. The number of hydrogen-bond donors (Lipinski definition) is 2. The zero-order valence-electron chi connectivity index (χ0n) is 13.9. The minimum atomic E-state index is -3.97. The van der Waals surface area contributed by atoms with Crippen molar-refractivity contribution < 1.29 is 23.4 Å². The van der Waals surface area contributed by atoms with Gasteiger partial charge in [0.05, 0.1) is 11.0 Å². The summed E-state index contributed by atoms with van der Waals surface area (Å²) in [5.41, 5.74) is 0. The molecule has 0 saturated heterocycles. The molecule has 2 N–H and O–H groups in total. The van der Waals surface area contributed by atoms with E-state index in [1.54, 1.807) is 32.9 Å². The second-order valence-corrected chi connectivity index (χ2v) is 10.6. The van der Waals surface area contributed by atoms with Crippen LogP contribution in [0.4, 0.5) is 0 Å². The van der Waals surface area contributed by atoms with E-state index in [0.29, 0.717) is 5.75 Å². The number of aliphatic carboxylic acids is 1. The van der Waals surface area contributed by atoms with E-state index in [-0.39, 0.29) is 4.90 Å². The molecule has 0 aliphatic heterocycles. The van der Waals surface area contributed by atoms with Crippen molar-refractivity contribution >= 4 is 43.7 Å². The third-order valence-corrected chi connectivity index (χ3v) is 7.43. The first-order valence-electron chi connectivity index (χ1n) is 7.18. The first kappa shape index (κ1) is 21.4. The predicted molar refractivity (Wildman–Crippen MR) is 98.7 cm³/mol. The van der Waals surface area contributed by atoms with E-state index in [1.165, 1.54) is 30.9 Å². The molecule has 24 heavy (non-hydrogen) atoms. The van der Waals surface area contributed by atoms with E-state index in [0.717, 1.165) is 8.78 Å². The molecule has 6 nitrogen and oxygen atoms in total. The Morgan fingerprint density at radius 2 is 1.83 bits per heavy atom. The SMILES string of the molecule is CC(O)CSC(C)(C)[C@H](C(=O)O)N(C)S(=O)(=O)c1ccc(Br)cc1. The highest BCUT2D eigenvalue weighted by Crippen LogP contribution is 2.34.